The summed E-state index contributed by atoms with van der Waals surface area (Å²) in [7, 11) is 1.37. The molecule has 0 saturated heterocycles. The molecule has 2 aromatic rings. The molecule has 2 N–H and O–H groups in total. The van der Waals surface area contributed by atoms with E-state index >= 15 is 0 Å². The molecule has 0 aliphatic rings. The summed E-state index contributed by atoms with van der Waals surface area (Å²) in [4.78, 5) is 11.5. The summed E-state index contributed by atoms with van der Waals surface area (Å²) in [6.07, 6.45) is 1.03. The highest BCUT2D eigenvalue weighted by molar-refractivity contribution is 7.98. The number of thiocarbonyl (C=S) groups is 1. The van der Waals surface area contributed by atoms with Gasteiger partial charge in [0.2, 0.25) is 0 Å². The van der Waals surface area contributed by atoms with Crippen LogP contribution in [0.4, 0.5) is 5.69 Å². The molecule has 0 spiro atoms. The number of ether oxygens (including phenoxy) is 1. The van der Waals surface area contributed by atoms with E-state index in [1.165, 1.54) is 12.7 Å². The molecule has 0 fully saturated rings. The van der Waals surface area contributed by atoms with E-state index in [0.29, 0.717) is 10.7 Å². The third-order valence-corrected chi connectivity index (χ3v) is 4.77. The Labute approximate surface area is 158 Å². The van der Waals surface area contributed by atoms with E-state index in [1.807, 2.05) is 23.9 Å². The van der Waals surface area contributed by atoms with Gasteiger partial charge >= 0.3 is 5.97 Å². The fourth-order valence-electron chi connectivity index (χ4n) is 2.16. The highest BCUT2D eigenvalue weighted by Gasteiger charge is 2.06. The summed E-state index contributed by atoms with van der Waals surface area (Å²) in [6, 6.07) is 17.5. The van der Waals surface area contributed by atoms with Gasteiger partial charge in [-0.15, -0.1) is 0 Å². The first-order valence-electron chi connectivity index (χ1n) is 8.04. The van der Waals surface area contributed by atoms with Gasteiger partial charge in [0, 0.05) is 18.0 Å². The van der Waals surface area contributed by atoms with Gasteiger partial charge in [0.15, 0.2) is 5.11 Å². The van der Waals surface area contributed by atoms with Gasteiger partial charge < -0.3 is 15.4 Å². The minimum Gasteiger partial charge on any atom is -0.465 e. The van der Waals surface area contributed by atoms with Gasteiger partial charge in [0.25, 0.3) is 0 Å². The van der Waals surface area contributed by atoms with E-state index in [1.54, 1.807) is 18.2 Å². The average Bonchev–Trinajstić information content (AvgIpc) is 2.65. The van der Waals surface area contributed by atoms with Gasteiger partial charge in [-0.05, 0) is 48.2 Å². The molecule has 0 atom stereocenters. The zero-order chi connectivity index (χ0) is 17.9. The zero-order valence-corrected chi connectivity index (χ0v) is 15.8. The van der Waals surface area contributed by atoms with Crippen molar-refractivity contribution in [1.29, 1.82) is 0 Å². The zero-order valence-electron chi connectivity index (χ0n) is 14.2. The van der Waals surface area contributed by atoms with Crippen LogP contribution >= 0.6 is 24.0 Å². The molecular formula is C19H22N2O2S2. The summed E-state index contributed by atoms with van der Waals surface area (Å²) in [5.74, 6) is 1.74. The monoisotopic (exact) mass is 374 g/mol. The van der Waals surface area contributed by atoms with E-state index in [4.69, 9.17) is 17.0 Å². The molecule has 25 heavy (non-hydrogen) atoms. The molecule has 0 amide bonds. The molecular weight excluding hydrogens is 352 g/mol. The smallest absolute Gasteiger partial charge is 0.337 e. The first kappa shape index (κ1) is 19.3. The third-order valence-electron chi connectivity index (χ3n) is 3.40. The largest absolute Gasteiger partial charge is 0.465 e. The van der Waals surface area contributed by atoms with Crippen LogP contribution < -0.4 is 10.6 Å². The van der Waals surface area contributed by atoms with Crippen LogP contribution in [0.3, 0.4) is 0 Å². The third kappa shape index (κ3) is 7.15. The minimum absolute atomic E-state index is 0.363. The number of anilines is 1. The lowest BCUT2D eigenvalue weighted by atomic mass is 10.2. The Morgan fingerprint density at radius 2 is 1.96 bits per heavy atom. The maximum absolute atomic E-state index is 11.5. The summed E-state index contributed by atoms with van der Waals surface area (Å²) in [5, 5.41) is 6.82. The fraction of sp³-hybridized carbons (Fsp3) is 0.263. The highest BCUT2D eigenvalue weighted by Crippen LogP contribution is 2.13. The van der Waals surface area contributed by atoms with Crippen molar-refractivity contribution in [1.82, 2.24) is 5.32 Å². The number of thioether (sulfide) groups is 1. The first-order valence-corrected chi connectivity index (χ1v) is 9.60. The van der Waals surface area contributed by atoms with E-state index in [2.05, 4.69) is 34.9 Å². The van der Waals surface area contributed by atoms with E-state index in [0.717, 1.165) is 30.2 Å². The van der Waals surface area contributed by atoms with Crippen molar-refractivity contribution in [3.05, 3.63) is 65.7 Å². The minimum atomic E-state index is -0.363. The van der Waals surface area contributed by atoms with Gasteiger partial charge in [-0.1, -0.05) is 36.4 Å². The number of carbonyl (C=O) groups excluding carboxylic acids is 1. The molecule has 0 saturated carbocycles. The molecule has 6 heteroatoms. The Balaban J connectivity index is 1.63. The van der Waals surface area contributed by atoms with Crippen LogP contribution in [0.2, 0.25) is 0 Å². The SMILES string of the molecule is COC(=O)c1cccc(NC(=S)NCCCSCc2ccccc2)c1. The van der Waals surface area contributed by atoms with Gasteiger partial charge in [0.05, 0.1) is 12.7 Å². The average molecular weight is 375 g/mol. The van der Waals surface area contributed by atoms with E-state index in [9.17, 15) is 4.79 Å². The van der Waals surface area contributed by atoms with Gasteiger partial charge in [0.1, 0.15) is 0 Å². The molecule has 2 aromatic carbocycles. The lowest BCUT2D eigenvalue weighted by molar-refractivity contribution is 0.0601. The fourth-order valence-corrected chi connectivity index (χ4v) is 3.30. The number of benzene rings is 2. The van der Waals surface area contributed by atoms with Crippen LogP contribution in [-0.4, -0.2) is 30.5 Å². The Hall–Kier alpha value is -2.05. The maximum Gasteiger partial charge on any atom is 0.337 e. The van der Waals surface area contributed by atoms with Gasteiger partial charge in [-0.25, -0.2) is 4.79 Å². The second-order valence-corrected chi connectivity index (χ2v) is 6.86. The molecule has 0 heterocycles. The summed E-state index contributed by atoms with van der Waals surface area (Å²) in [6.45, 7) is 0.810. The van der Waals surface area contributed by atoms with Crippen molar-refractivity contribution >= 4 is 40.7 Å². The number of hydrogen-bond acceptors (Lipinski definition) is 4. The van der Waals surface area contributed by atoms with E-state index < -0.39 is 0 Å². The lowest BCUT2D eigenvalue weighted by Gasteiger charge is -2.11. The topological polar surface area (TPSA) is 50.4 Å². The molecule has 4 nitrogen and oxygen atoms in total. The number of hydrogen-bond donors (Lipinski definition) is 2. The summed E-state index contributed by atoms with van der Waals surface area (Å²) in [5.41, 5.74) is 2.61. The van der Waals surface area contributed by atoms with Crippen LogP contribution in [0.1, 0.15) is 22.3 Å². The highest BCUT2D eigenvalue weighted by atomic mass is 32.2. The normalized spacial score (nSPS) is 10.1. The summed E-state index contributed by atoms with van der Waals surface area (Å²) >= 11 is 7.20. The molecule has 0 aliphatic heterocycles. The molecule has 132 valence electrons. The van der Waals surface area contributed by atoms with Crippen LogP contribution in [0.25, 0.3) is 0 Å². The quantitative estimate of drug-likeness (QED) is 0.412. The molecule has 0 aromatic heterocycles. The molecule has 0 unspecified atom stereocenters. The van der Waals surface area contributed by atoms with E-state index in [-0.39, 0.29) is 5.97 Å². The number of rotatable bonds is 8. The Morgan fingerprint density at radius 1 is 1.16 bits per heavy atom. The van der Waals surface area contributed by atoms with Crippen LogP contribution in [0.5, 0.6) is 0 Å². The predicted octanol–water partition coefficient (Wildman–Crippen LogP) is 4.08. The standard InChI is InChI=1S/C19H22N2O2S2/c1-23-18(22)16-9-5-10-17(13-16)21-19(24)20-11-6-12-25-14-15-7-3-2-4-8-15/h2-5,7-10,13H,6,11-12,14H2,1H3,(H2,20,21,24). The lowest BCUT2D eigenvalue weighted by Crippen LogP contribution is -2.29. The van der Waals surface area contributed by atoms with Crippen LogP contribution in [0, 0.1) is 0 Å². The Bertz CT molecular complexity index is 693. The van der Waals surface area contributed by atoms with Crippen LogP contribution in [-0.2, 0) is 10.5 Å². The first-order chi connectivity index (χ1) is 12.2. The summed E-state index contributed by atoms with van der Waals surface area (Å²) < 4.78 is 4.71. The van der Waals surface area contributed by atoms with Crippen LogP contribution in [0.15, 0.2) is 54.6 Å². The maximum atomic E-state index is 11.5. The molecule has 2 rings (SSSR count). The molecule has 0 radical (unpaired) electrons. The second-order valence-electron chi connectivity index (χ2n) is 5.35. The van der Waals surface area contributed by atoms with Gasteiger partial charge in [-0.2, -0.15) is 11.8 Å². The molecule has 0 aliphatic carbocycles. The predicted molar refractivity (Wildman–Crippen MR) is 109 cm³/mol. The Morgan fingerprint density at radius 3 is 2.72 bits per heavy atom. The second kappa shape index (κ2) is 10.7. The Kier molecular flexibility index (Phi) is 8.28. The van der Waals surface area contributed by atoms with Gasteiger partial charge in [-0.3, -0.25) is 0 Å². The molecule has 0 bridgehead atoms. The van der Waals surface area contributed by atoms with Crippen molar-refractivity contribution in [2.24, 2.45) is 0 Å². The number of esters is 1. The van der Waals surface area contributed by atoms with Crippen molar-refractivity contribution in [2.75, 3.05) is 24.7 Å². The van der Waals surface area contributed by atoms with Crippen molar-refractivity contribution < 1.29 is 9.53 Å². The number of methoxy groups -OCH3 is 1. The van der Waals surface area contributed by atoms with Crippen molar-refractivity contribution in [3.63, 3.8) is 0 Å². The number of carbonyl (C=O) groups is 1. The van der Waals surface area contributed by atoms with Crippen molar-refractivity contribution in [3.8, 4) is 0 Å². The van der Waals surface area contributed by atoms with Crippen molar-refractivity contribution in [2.45, 2.75) is 12.2 Å². The number of nitrogens with one attached hydrogen (secondary N) is 2.